The van der Waals surface area contributed by atoms with Gasteiger partial charge in [0.1, 0.15) is 0 Å². The topological polar surface area (TPSA) is 65.8 Å². The van der Waals surface area contributed by atoms with Gasteiger partial charge in [-0.25, -0.2) is 4.98 Å². The Kier molecular flexibility index (Phi) is 3.25. The smallest absolute Gasteiger partial charge is 0.250 e. The summed E-state index contributed by atoms with van der Waals surface area (Å²) < 4.78 is 3.75. The van der Waals surface area contributed by atoms with Crippen molar-refractivity contribution >= 4 is 16.7 Å². The van der Waals surface area contributed by atoms with Gasteiger partial charge in [0.15, 0.2) is 0 Å². The molecule has 0 unspecified atom stereocenters. The van der Waals surface area contributed by atoms with Crippen LogP contribution in [-0.4, -0.2) is 14.1 Å². The van der Waals surface area contributed by atoms with Crippen LogP contribution in [0.1, 0.15) is 6.42 Å². The van der Waals surface area contributed by atoms with Gasteiger partial charge in [-0.1, -0.05) is 12.1 Å². The number of para-hydroxylation sites is 2. The normalized spacial score (nSPS) is 11.0. The number of hydrogen-bond donors (Lipinski definition) is 1. The van der Waals surface area contributed by atoms with Crippen LogP contribution in [0.4, 0.5) is 5.69 Å². The number of aromatic nitrogens is 3. The molecule has 0 spiro atoms. The van der Waals surface area contributed by atoms with Gasteiger partial charge in [0.25, 0.3) is 5.56 Å². The van der Waals surface area contributed by atoms with Crippen LogP contribution in [0.25, 0.3) is 11.0 Å². The third-order valence-corrected chi connectivity index (χ3v) is 3.33. The molecule has 0 fully saturated rings. The number of hydrogen-bond acceptors (Lipinski definition) is 3. The molecule has 2 heterocycles. The highest BCUT2D eigenvalue weighted by molar-refractivity contribution is 5.74. The van der Waals surface area contributed by atoms with Crippen molar-refractivity contribution in [3.8, 4) is 0 Å². The lowest BCUT2D eigenvalue weighted by molar-refractivity contribution is 0.560. The molecule has 0 aliphatic heterocycles. The van der Waals surface area contributed by atoms with Gasteiger partial charge < -0.3 is 14.9 Å². The van der Waals surface area contributed by atoms with Crippen LogP contribution in [0.15, 0.2) is 53.7 Å². The van der Waals surface area contributed by atoms with E-state index in [0.29, 0.717) is 12.2 Å². The molecule has 0 aliphatic carbocycles. The molecule has 102 valence electrons. The van der Waals surface area contributed by atoms with E-state index in [0.717, 1.165) is 24.0 Å². The molecule has 0 amide bonds. The maximum Gasteiger partial charge on any atom is 0.250 e. The minimum Gasteiger partial charge on any atom is -0.398 e. The number of pyridine rings is 1. The SMILES string of the molecule is Nc1ccc(=O)n(CCCn2cnc3ccccc32)c1. The first-order valence-electron chi connectivity index (χ1n) is 6.60. The molecule has 0 atom stereocenters. The Morgan fingerprint density at radius 3 is 2.75 bits per heavy atom. The summed E-state index contributed by atoms with van der Waals surface area (Å²) in [7, 11) is 0. The second kappa shape index (κ2) is 5.21. The summed E-state index contributed by atoms with van der Waals surface area (Å²) in [6, 6.07) is 11.2. The molecule has 2 aromatic heterocycles. The summed E-state index contributed by atoms with van der Waals surface area (Å²) in [5, 5.41) is 0. The molecule has 0 aliphatic rings. The fourth-order valence-corrected chi connectivity index (χ4v) is 2.32. The molecule has 2 N–H and O–H groups in total. The lowest BCUT2D eigenvalue weighted by Gasteiger charge is -2.07. The van der Waals surface area contributed by atoms with Crippen LogP contribution in [0.3, 0.4) is 0 Å². The fourth-order valence-electron chi connectivity index (χ4n) is 2.32. The molecule has 1 aromatic carbocycles. The Bertz CT molecular complexity index is 788. The zero-order chi connectivity index (χ0) is 13.9. The van der Waals surface area contributed by atoms with Gasteiger partial charge >= 0.3 is 0 Å². The van der Waals surface area contributed by atoms with E-state index in [9.17, 15) is 4.79 Å². The highest BCUT2D eigenvalue weighted by Crippen LogP contribution is 2.12. The molecule has 5 heteroatoms. The first kappa shape index (κ1) is 12.5. The van der Waals surface area contributed by atoms with Crippen molar-refractivity contribution in [2.24, 2.45) is 0 Å². The van der Waals surface area contributed by atoms with E-state index in [2.05, 4.69) is 15.6 Å². The summed E-state index contributed by atoms with van der Waals surface area (Å²) in [6.07, 6.45) is 4.38. The van der Waals surface area contributed by atoms with Crippen molar-refractivity contribution in [2.75, 3.05) is 5.73 Å². The molecular formula is C15H16N4O. The average Bonchev–Trinajstić information content (AvgIpc) is 2.86. The zero-order valence-electron chi connectivity index (χ0n) is 11.1. The van der Waals surface area contributed by atoms with Gasteiger partial charge in [-0.2, -0.15) is 0 Å². The van der Waals surface area contributed by atoms with E-state index in [1.165, 1.54) is 6.07 Å². The molecule has 0 radical (unpaired) electrons. The predicted molar refractivity (Wildman–Crippen MR) is 79.5 cm³/mol. The van der Waals surface area contributed by atoms with Crippen LogP contribution in [0.5, 0.6) is 0 Å². The number of benzene rings is 1. The summed E-state index contributed by atoms with van der Waals surface area (Å²) in [6.45, 7) is 1.47. The van der Waals surface area contributed by atoms with Crippen molar-refractivity contribution in [2.45, 2.75) is 19.5 Å². The maximum absolute atomic E-state index is 11.7. The number of nitrogens with zero attached hydrogens (tertiary/aromatic N) is 3. The molecule has 0 saturated heterocycles. The predicted octanol–water partition coefficient (Wildman–Crippen LogP) is 1.87. The molecule has 3 rings (SSSR count). The number of nitrogen functional groups attached to an aromatic ring is 1. The molecule has 20 heavy (non-hydrogen) atoms. The van der Waals surface area contributed by atoms with E-state index in [1.54, 1.807) is 16.8 Å². The maximum atomic E-state index is 11.7. The van der Waals surface area contributed by atoms with Crippen LogP contribution in [0, 0.1) is 0 Å². The highest BCUT2D eigenvalue weighted by atomic mass is 16.1. The van der Waals surface area contributed by atoms with E-state index in [4.69, 9.17) is 5.73 Å². The third kappa shape index (κ3) is 2.42. The van der Waals surface area contributed by atoms with Crippen LogP contribution in [0.2, 0.25) is 0 Å². The molecule has 5 nitrogen and oxygen atoms in total. The van der Waals surface area contributed by atoms with E-state index in [-0.39, 0.29) is 5.56 Å². The summed E-state index contributed by atoms with van der Waals surface area (Å²) in [5.41, 5.74) is 8.40. The van der Waals surface area contributed by atoms with Gasteiger partial charge in [0.05, 0.1) is 17.4 Å². The van der Waals surface area contributed by atoms with Gasteiger partial charge in [-0.15, -0.1) is 0 Å². The van der Waals surface area contributed by atoms with Gasteiger partial charge in [0.2, 0.25) is 0 Å². The molecule has 0 bridgehead atoms. The third-order valence-electron chi connectivity index (χ3n) is 3.33. The van der Waals surface area contributed by atoms with E-state index >= 15 is 0 Å². The van der Waals surface area contributed by atoms with Crippen LogP contribution in [-0.2, 0) is 13.1 Å². The zero-order valence-corrected chi connectivity index (χ0v) is 11.1. The Labute approximate surface area is 116 Å². The van der Waals surface area contributed by atoms with Gasteiger partial charge in [-0.3, -0.25) is 4.79 Å². The van der Waals surface area contributed by atoms with Crippen LogP contribution >= 0.6 is 0 Å². The number of imidazole rings is 1. The van der Waals surface area contributed by atoms with Crippen molar-refractivity contribution in [1.29, 1.82) is 0 Å². The Morgan fingerprint density at radius 1 is 1.05 bits per heavy atom. The summed E-state index contributed by atoms with van der Waals surface area (Å²) in [4.78, 5) is 16.0. The lowest BCUT2D eigenvalue weighted by atomic mass is 10.3. The van der Waals surface area contributed by atoms with E-state index < -0.39 is 0 Å². The number of fused-ring (bicyclic) bond motifs is 1. The fraction of sp³-hybridized carbons (Fsp3) is 0.200. The van der Waals surface area contributed by atoms with Crippen molar-refractivity contribution in [3.05, 3.63) is 59.3 Å². The largest absolute Gasteiger partial charge is 0.398 e. The minimum atomic E-state index is -0.0188. The molecule has 3 aromatic rings. The highest BCUT2D eigenvalue weighted by Gasteiger charge is 2.02. The lowest BCUT2D eigenvalue weighted by Crippen LogP contribution is -2.19. The van der Waals surface area contributed by atoms with E-state index in [1.807, 2.05) is 24.5 Å². The number of aryl methyl sites for hydroxylation is 2. The quantitative estimate of drug-likeness (QED) is 0.785. The number of anilines is 1. The van der Waals surface area contributed by atoms with Gasteiger partial charge in [0, 0.05) is 31.0 Å². The summed E-state index contributed by atoms with van der Waals surface area (Å²) >= 11 is 0. The average molecular weight is 268 g/mol. The minimum absolute atomic E-state index is 0.0188. The first-order valence-corrected chi connectivity index (χ1v) is 6.60. The number of nitrogens with two attached hydrogens (primary N) is 1. The monoisotopic (exact) mass is 268 g/mol. The molecular weight excluding hydrogens is 252 g/mol. The number of rotatable bonds is 4. The Morgan fingerprint density at radius 2 is 1.85 bits per heavy atom. The van der Waals surface area contributed by atoms with Crippen molar-refractivity contribution in [1.82, 2.24) is 14.1 Å². The Hall–Kier alpha value is -2.56. The standard InChI is InChI=1S/C15H16N4O/c16-12-6-7-15(20)18(10-12)8-3-9-19-11-17-13-4-1-2-5-14(13)19/h1-2,4-7,10-11H,3,8-9,16H2. The van der Waals surface area contributed by atoms with Crippen molar-refractivity contribution < 1.29 is 0 Å². The first-order chi connectivity index (χ1) is 9.74. The van der Waals surface area contributed by atoms with Gasteiger partial charge in [-0.05, 0) is 24.6 Å². The summed E-state index contributed by atoms with van der Waals surface area (Å²) in [5.74, 6) is 0. The molecule has 0 saturated carbocycles. The van der Waals surface area contributed by atoms with Crippen LogP contribution < -0.4 is 11.3 Å². The second-order valence-corrected chi connectivity index (χ2v) is 4.77. The Balaban J connectivity index is 1.71. The van der Waals surface area contributed by atoms with Crippen molar-refractivity contribution in [3.63, 3.8) is 0 Å². The second-order valence-electron chi connectivity index (χ2n) is 4.77.